The van der Waals surface area contributed by atoms with E-state index in [0.29, 0.717) is 0 Å². The zero-order valence-corrected chi connectivity index (χ0v) is 18.2. The van der Waals surface area contributed by atoms with Gasteiger partial charge in [0.1, 0.15) is 0 Å². The maximum absolute atomic E-state index is 9.62. The van der Waals surface area contributed by atoms with Crippen LogP contribution in [0.1, 0.15) is 60.6 Å². The molecule has 1 N–H and O–H groups in total. The number of hydrogen-bond acceptors (Lipinski definition) is 1. The van der Waals surface area contributed by atoms with Gasteiger partial charge in [-0.1, -0.05) is 39.0 Å². The van der Waals surface area contributed by atoms with Gasteiger partial charge >= 0.3 is 0 Å². The SMILES string of the molecule is CCc1cc(CC)c(-c2ccc3[nH]c4cc(C#N)c5c(c4c3c2)CCC5)c(CC)c1. The summed E-state index contributed by atoms with van der Waals surface area (Å²) in [6, 6.07) is 16.1. The second-order valence-electron chi connectivity index (χ2n) is 8.50. The smallest absolute Gasteiger partial charge is 0.0995 e. The third-order valence-corrected chi connectivity index (χ3v) is 6.90. The lowest BCUT2D eigenvalue weighted by Gasteiger charge is -2.16. The molecule has 0 amide bonds. The maximum atomic E-state index is 9.62. The van der Waals surface area contributed by atoms with Crippen LogP contribution in [0.4, 0.5) is 0 Å². The first-order valence-corrected chi connectivity index (χ1v) is 11.3. The van der Waals surface area contributed by atoms with Crippen LogP contribution in [0.3, 0.4) is 0 Å². The largest absolute Gasteiger partial charge is 0.354 e. The summed E-state index contributed by atoms with van der Waals surface area (Å²) in [7, 11) is 0. The molecular formula is C28H28N2. The first-order valence-electron chi connectivity index (χ1n) is 11.3. The molecule has 2 nitrogen and oxygen atoms in total. The fraction of sp³-hybridized carbons (Fsp3) is 0.321. The molecular weight excluding hydrogens is 364 g/mol. The minimum Gasteiger partial charge on any atom is -0.354 e. The third-order valence-electron chi connectivity index (χ3n) is 6.90. The number of nitrogens with one attached hydrogen (secondary N) is 1. The van der Waals surface area contributed by atoms with Gasteiger partial charge in [-0.2, -0.15) is 5.26 Å². The van der Waals surface area contributed by atoms with E-state index in [1.165, 1.54) is 55.2 Å². The van der Waals surface area contributed by atoms with Crippen LogP contribution in [-0.2, 0) is 32.1 Å². The Bertz CT molecular complexity index is 1310. The molecule has 1 aromatic heterocycles. The molecule has 0 saturated heterocycles. The summed E-state index contributed by atoms with van der Waals surface area (Å²) < 4.78 is 0. The Morgan fingerprint density at radius 2 is 1.60 bits per heavy atom. The van der Waals surface area contributed by atoms with Crippen molar-refractivity contribution in [1.29, 1.82) is 5.26 Å². The van der Waals surface area contributed by atoms with Gasteiger partial charge in [0.2, 0.25) is 0 Å². The number of aryl methyl sites for hydroxylation is 4. The highest BCUT2D eigenvalue weighted by atomic mass is 14.7. The van der Waals surface area contributed by atoms with E-state index in [0.717, 1.165) is 49.6 Å². The van der Waals surface area contributed by atoms with E-state index in [4.69, 9.17) is 0 Å². The first-order chi connectivity index (χ1) is 14.7. The summed E-state index contributed by atoms with van der Waals surface area (Å²) in [5.74, 6) is 0. The second kappa shape index (κ2) is 7.33. The predicted octanol–water partition coefficient (Wildman–Crippen LogP) is 7.04. The summed E-state index contributed by atoms with van der Waals surface area (Å²) in [6.45, 7) is 6.76. The molecule has 1 aliphatic carbocycles. The Kier molecular flexibility index (Phi) is 4.63. The third kappa shape index (κ3) is 2.76. The van der Waals surface area contributed by atoms with Crippen LogP contribution in [0.2, 0.25) is 0 Å². The molecule has 0 atom stereocenters. The van der Waals surface area contributed by atoms with Crippen LogP contribution in [0.5, 0.6) is 0 Å². The Morgan fingerprint density at radius 1 is 0.867 bits per heavy atom. The molecule has 5 rings (SSSR count). The molecule has 30 heavy (non-hydrogen) atoms. The average Bonchev–Trinajstić information content (AvgIpc) is 3.41. The standard InChI is InChI=1S/C28H28N2/c1-4-17-12-18(5-2)27(19(6-3)13-17)20-10-11-25-24(14-20)28-23-9-7-8-22(23)21(16-29)15-26(28)30-25/h10-15,30H,4-9H2,1-3H3. The van der Waals surface area contributed by atoms with Crippen molar-refractivity contribution in [3.8, 4) is 17.2 Å². The number of benzene rings is 3. The van der Waals surface area contributed by atoms with Gasteiger partial charge in [-0.05, 0) is 95.7 Å². The molecule has 150 valence electrons. The zero-order valence-electron chi connectivity index (χ0n) is 18.2. The second-order valence-corrected chi connectivity index (χ2v) is 8.50. The number of hydrogen-bond donors (Lipinski definition) is 1. The molecule has 0 fully saturated rings. The van der Waals surface area contributed by atoms with Crippen molar-refractivity contribution in [2.75, 3.05) is 0 Å². The minimum atomic E-state index is 0.846. The van der Waals surface area contributed by atoms with Crippen molar-refractivity contribution in [1.82, 2.24) is 4.98 Å². The molecule has 1 aliphatic rings. The topological polar surface area (TPSA) is 39.6 Å². The summed E-state index contributed by atoms with van der Waals surface area (Å²) >= 11 is 0. The summed E-state index contributed by atoms with van der Waals surface area (Å²) in [6.07, 6.45) is 6.41. The number of rotatable bonds is 4. The van der Waals surface area contributed by atoms with Gasteiger partial charge in [0.15, 0.2) is 0 Å². The quantitative estimate of drug-likeness (QED) is 0.397. The van der Waals surface area contributed by atoms with E-state index in [-0.39, 0.29) is 0 Å². The number of aromatic amines is 1. The van der Waals surface area contributed by atoms with Crippen LogP contribution in [0, 0.1) is 11.3 Å². The van der Waals surface area contributed by atoms with Gasteiger partial charge in [0, 0.05) is 21.8 Å². The van der Waals surface area contributed by atoms with Gasteiger partial charge in [0.05, 0.1) is 11.6 Å². The fourth-order valence-corrected chi connectivity index (χ4v) is 5.42. The minimum absolute atomic E-state index is 0.846. The van der Waals surface area contributed by atoms with Gasteiger partial charge in [-0.15, -0.1) is 0 Å². The normalized spacial score (nSPS) is 13.1. The van der Waals surface area contributed by atoms with Crippen LogP contribution < -0.4 is 0 Å². The first kappa shape index (κ1) is 18.9. The van der Waals surface area contributed by atoms with Crippen molar-refractivity contribution < 1.29 is 0 Å². The Morgan fingerprint density at radius 3 is 2.27 bits per heavy atom. The number of nitriles is 1. The van der Waals surface area contributed by atoms with Gasteiger partial charge in [-0.3, -0.25) is 0 Å². The number of nitrogens with zero attached hydrogens (tertiary/aromatic N) is 1. The molecule has 1 heterocycles. The van der Waals surface area contributed by atoms with E-state index < -0.39 is 0 Å². The van der Waals surface area contributed by atoms with Crippen molar-refractivity contribution in [3.05, 3.63) is 69.8 Å². The highest BCUT2D eigenvalue weighted by molar-refractivity contribution is 6.11. The van der Waals surface area contributed by atoms with E-state index in [1.54, 1.807) is 0 Å². The van der Waals surface area contributed by atoms with Crippen molar-refractivity contribution in [2.24, 2.45) is 0 Å². The van der Waals surface area contributed by atoms with E-state index in [1.807, 2.05) is 0 Å². The molecule has 2 heteroatoms. The van der Waals surface area contributed by atoms with Gasteiger partial charge in [0.25, 0.3) is 0 Å². The highest BCUT2D eigenvalue weighted by Crippen LogP contribution is 2.39. The molecule has 0 bridgehead atoms. The zero-order chi connectivity index (χ0) is 20.8. The van der Waals surface area contributed by atoms with Crippen molar-refractivity contribution in [2.45, 2.75) is 59.3 Å². The molecule has 0 aliphatic heterocycles. The average molecular weight is 393 g/mol. The Balaban J connectivity index is 1.80. The number of fused-ring (bicyclic) bond motifs is 5. The lowest BCUT2D eigenvalue weighted by Crippen LogP contribution is -1.97. The van der Waals surface area contributed by atoms with E-state index in [2.05, 4.69) is 68.2 Å². The fourth-order valence-electron chi connectivity index (χ4n) is 5.42. The number of H-pyrrole nitrogens is 1. The highest BCUT2D eigenvalue weighted by Gasteiger charge is 2.21. The Labute approximate surface area is 178 Å². The molecule has 0 unspecified atom stereocenters. The lowest BCUT2D eigenvalue weighted by atomic mass is 9.88. The van der Waals surface area contributed by atoms with Crippen LogP contribution >= 0.6 is 0 Å². The number of aromatic nitrogens is 1. The Hall–Kier alpha value is -3.05. The summed E-state index contributed by atoms with van der Waals surface area (Å²) in [5, 5.41) is 12.3. The lowest BCUT2D eigenvalue weighted by molar-refractivity contribution is 0.912. The molecule has 3 aromatic carbocycles. The maximum Gasteiger partial charge on any atom is 0.0995 e. The van der Waals surface area contributed by atoms with Crippen LogP contribution in [-0.4, -0.2) is 4.98 Å². The van der Waals surface area contributed by atoms with Crippen molar-refractivity contribution >= 4 is 21.8 Å². The summed E-state index contributed by atoms with van der Waals surface area (Å²) in [5.41, 5.74) is 12.8. The van der Waals surface area contributed by atoms with E-state index >= 15 is 0 Å². The van der Waals surface area contributed by atoms with Crippen LogP contribution in [0.25, 0.3) is 32.9 Å². The molecule has 0 spiro atoms. The van der Waals surface area contributed by atoms with Gasteiger partial charge < -0.3 is 4.98 Å². The van der Waals surface area contributed by atoms with Gasteiger partial charge in [-0.25, -0.2) is 0 Å². The molecule has 0 saturated carbocycles. The monoisotopic (exact) mass is 392 g/mol. The van der Waals surface area contributed by atoms with Crippen molar-refractivity contribution in [3.63, 3.8) is 0 Å². The predicted molar refractivity (Wildman–Crippen MR) is 126 cm³/mol. The molecule has 0 radical (unpaired) electrons. The molecule has 4 aromatic rings. The van der Waals surface area contributed by atoms with E-state index in [9.17, 15) is 5.26 Å². The van der Waals surface area contributed by atoms with Crippen LogP contribution in [0.15, 0.2) is 36.4 Å². The summed E-state index contributed by atoms with van der Waals surface area (Å²) in [4.78, 5) is 3.59.